The Kier molecular flexibility index (Phi) is 4.95. The Morgan fingerprint density at radius 3 is 2.88 bits per heavy atom. The Morgan fingerprint density at radius 1 is 1.32 bits per heavy atom. The zero-order chi connectivity index (χ0) is 17.6. The van der Waals surface area contributed by atoms with Crippen LogP contribution in [0, 0.1) is 4.77 Å². The number of pyridine rings is 1. The van der Waals surface area contributed by atoms with Gasteiger partial charge in [0.05, 0.1) is 6.21 Å². The topological polar surface area (TPSA) is 105 Å². The lowest BCUT2D eigenvalue weighted by molar-refractivity contribution is -0.139. The van der Waals surface area contributed by atoms with E-state index in [9.17, 15) is 4.79 Å². The van der Waals surface area contributed by atoms with Crippen LogP contribution in [0.4, 0.5) is 0 Å². The van der Waals surface area contributed by atoms with Gasteiger partial charge in [0, 0.05) is 11.8 Å². The van der Waals surface area contributed by atoms with E-state index in [0.29, 0.717) is 27.6 Å². The van der Waals surface area contributed by atoms with Crippen molar-refractivity contribution < 1.29 is 14.6 Å². The smallest absolute Gasteiger partial charge is 0.341 e. The molecule has 2 N–H and O–H groups in total. The van der Waals surface area contributed by atoms with Crippen molar-refractivity contribution in [2.75, 3.05) is 6.61 Å². The van der Waals surface area contributed by atoms with Crippen molar-refractivity contribution >= 4 is 24.4 Å². The van der Waals surface area contributed by atoms with E-state index in [2.05, 4.69) is 20.3 Å². The van der Waals surface area contributed by atoms with Crippen LogP contribution in [0.2, 0.25) is 0 Å². The monoisotopic (exact) mass is 355 g/mol. The lowest BCUT2D eigenvalue weighted by Crippen LogP contribution is -2.10. The molecule has 0 saturated heterocycles. The molecular formula is C16H13N5O3S. The van der Waals surface area contributed by atoms with E-state index in [1.54, 1.807) is 42.6 Å². The van der Waals surface area contributed by atoms with Crippen molar-refractivity contribution in [3.63, 3.8) is 0 Å². The van der Waals surface area contributed by atoms with Crippen molar-refractivity contribution in [2.45, 2.75) is 0 Å². The van der Waals surface area contributed by atoms with Gasteiger partial charge in [0.1, 0.15) is 11.4 Å². The molecule has 126 valence electrons. The molecule has 0 amide bonds. The number of ether oxygens (including phenoxy) is 1. The number of aliphatic carboxylic acids is 1. The molecule has 0 radical (unpaired) electrons. The lowest BCUT2D eigenvalue weighted by Gasteiger charge is -2.06. The van der Waals surface area contributed by atoms with Crippen LogP contribution in [0.3, 0.4) is 0 Å². The highest BCUT2D eigenvalue weighted by Crippen LogP contribution is 2.17. The Balaban J connectivity index is 1.93. The summed E-state index contributed by atoms with van der Waals surface area (Å²) in [5.41, 5.74) is 1.22. The first-order chi connectivity index (χ1) is 12.1. The number of para-hydroxylation sites is 1. The number of rotatable bonds is 6. The van der Waals surface area contributed by atoms with Crippen LogP contribution < -0.4 is 4.74 Å². The molecule has 9 heteroatoms. The van der Waals surface area contributed by atoms with E-state index in [1.165, 1.54) is 10.9 Å². The van der Waals surface area contributed by atoms with E-state index >= 15 is 0 Å². The van der Waals surface area contributed by atoms with E-state index < -0.39 is 12.6 Å². The number of nitrogens with zero attached hydrogens (tertiary/aromatic N) is 4. The molecule has 3 rings (SSSR count). The number of aromatic nitrogens is 4. The minimum atomic E-state index is -1.05. The zero-order valence-electron chi connectivity index (χ0n) is 12.9. The molecule has 0 bridgehead atoms. The van der Waals surface area contributed by atoms with Crippen LogP contribution in [0.15, 0.2) is 53.8 Å². The van der Waals surface area contributed by atoms with E-state index in [4.69, 9.17) is 22.1 Å². The van der Waals surface area contributed by atoms with Gasteiger partial charge in [-0.3, -0.25) is 4.98 Å². The number of H-pyrrole nitrogens is 1. The molecule has 25 heavy (non-hydrogen) atoms. The highest BCUT2D eigenvalue weighted by Gasteiger charge is 2.09. The van der Waals surface area contributed by atoms with Gasteiger partial charge in [-0.25, -0.2) is 9.89 Å². The number of hydrogen-bond acceptors (Lipinski definition) is 6. The summed E-state index contributed by atoms with van der Waals surface area (Å²) in [5, 5.41) is 19.9. The Hall–Kier alpha value is -3.33. The van der Waals surface area contributed by atoms with Gasteiger partial charge < -0.3 is 9.84 Å². The second-order valence-corrected chi connectivity index (χ2v) is 5.23. The largest absolute Gasteiger partial charge is 0.481 e. The first-order valence-electron chi connectivity index (χ1n) is 7.22. The first-order valence-corrected chi connectivity index (χ1v) is 7.63. The number of carbonyl (C=O) groups is 1. The van der Waals surface area contributed by atoms with Crippen LogP contribution >= 0.6 is 12.2 Å². The molecule has 0 spiro atoms. The summed E-state index contributed by atoms with van der Waals surface area (Å²) in [7, 11) is 0. The van der Waals surface area contributed by atoms with Crippen molar-refractivity contribution in [3.8, 4) is 17.3 Å². The molecule has 3 aromatic rings. The third-order valence-electron chi connectivity index (χ3n) is 3.13. The van der Waals surface area contributed by atoms with Gasteiger partial charge >= 0.3 is 5.97 Å². The highest BCUT2D eigenvalue weighted by atomic mass is 32.1. The number of hydrogen-bond donors (Lipinski definition) is 2. The quantitative estimate of drug-likeness (QED) is 0.519. The summed E-state index contributed by atoms with van der Waals surface area (Å²) >= 11 is 5.20. The summed E-state index contributed by atoms with van der Waals surface area (Å²) in [4.78, 5) is 14.9. The maximum Gasteiger partial charge on any atom is 0.341 e. The number of aromatic amines is 1. The summed E-state index contributed by atoms with van der Waals surface area (Å²) in [5.74, 6) is -0.185. The second-order valence-electron chi connectivity index (χ2n) is 4.84. The standard InChI is InChI=1S/C16H13N5O3S/c22-14(23)10-24-13-7-2-1-5-11(13)9-18-21-15(19-20-16(21)25)12-6-3-4-8-17-12/h1-9H,10H2,(H,20,25)(H,22,23). The second kappa shape index (κ2) is 7.49. The molecule has 0 aliphatic carbocycles. The minimum absolute atomic E-state index is 0.306. The summed E-state index contributed by atoms with van der Waals surface area (Å²) < 4.78 is 6.99. The average Bonchev–Trinajstić information content (AvgIpc) is 3.00. The molecule has 8 nitrogen and oxygen atoms in total. The molecule has 2 aromatic heterocycles. The predicted octanol–water partition coefficient (Wildman–Crippen LogP) is 2.35. The molecule has 0 unspecified atom stereocenters. The maximum absolute atomic E-state index is 10.7. The number of nitrogens with one attached hydrogen (secondary N) is 1. The summed E-state index contributed by atoms with van der Waals surface area (Å²) in [6.07, 6.45) is 3.17. The van der Waals surface area contributed by atoms with Gasteiger partial charge in [-0.05, 0) is 36.5 Å². The number of carboxylic acid groups (broad SMARTS) is 1. The molecule has 0 aliphatic rings. The zero-order valence-corrected chi connectivity index (χ0v) is 13.7. The molecular weight excluding hydrogens is 342 g/mol. The van der Waals surface area contributed by atoms with Crippen LogP contribution in [0.5, 0.6) is 5.75 Å². The Labute approximate surface area is 147 Å². The van der Waals surface area contributed by atoms with Crippen LogP contribution in [-0.2, 0) is 4.79 Å². The van der Waals surface area contributed by atoms with Gasteiger partial charge in [0.15, 0.2) is 6.61 Å². The molecule has 0 fully saturated rings. The van der Waals surface area contributed by atoms with E-state index in [-0.39, 0.29) is 0 Å². The molecule has 1 aromatic carbocycles. The number of benzene rings is 1. The fourth-order valence-corrected chi connectivity index (χ4v) is 2.22. The fraction of sp³-hybridized carbons (Fsp3) is 0.0625. The maximum atomic E-state index is 10.7. The van der Waals surface area contributed by atoms with Crippen LogP contribution in [0.1, 0.15) is 5.56 Å². The summed E-state index contributed by atoms with van der Waals surface area (Å²) in [6.45, 7) is -0.435. The van der Waals surface area contributed by atoms with Crippen LogP contribution in [-0.4, -0.2) is 43.8 Å². The predicted molar refractivity (Wildman–Crippen MR) is 93.2 cm³/mol. The normalized spacial score (nSPS) is 10.9. The summed E-state index contributed by atoms with van der Waals surface area (Å²) in [6, 6.07) is 12.4. The average molecular weight is 355 g/mol. The van der Waals surface area contributed by atoms with Gasteiger partial charge in [-0.15, -0.1) is 0 Å². The fourth-order valence-electron chi connectivity index (χ4n) is 2.04. The Bertz CT molecular complexity index is 965. The van der Waals surface area contributed by atoms with Gasteiger partial charge in [-0.1, -0.05) is 18.2 Å². The molecule has 0 saturated carbocycles. The minimum Gasteiger partial charge on any atom is -0.481 e. The van der Waals surface area contributed by atoms with Gasteiger partial charge in [-0.2, -0.15) is 14.9 Å². The van der Waals surface area contributed by atoms with Crippen molar-refractivity contribution in [3.05, 3.63) is 59.0 Å². The first kappa shape index (κ1) is 16.5. The van der Waals surface area contributed by atoms with Crippen LogP contribution in [0.25, 0.3) is 11.5 Å². The van der Waals surface area contributed by atoms with Crippen molar-refractivity contribution in [2.24, 2.45) is 5.10 Å². The van der Waals surface area contributed by atoms with E-state index in [1.807, 2.05) is 6.07 Å². The van der Waals surface area contributed by atoms with Crippen molar-refractivity contribution in [1.82, 2.24) is 19.9 Å². The lowest BCUT2D eigenvalue weighted by atomic mass is 10.2. The van der Waals surface area contributed by atoms with Gasteiger partial charge in [0.2, 0.25) is 10.6 Å². The van der Waals surface area contributed by atoms with Crippen molar-refractivity contribution in [1.29, 1.82) is 0 Å². The Morgan fingerprint density at radius 2 is 2.12 bits per heavy atom. The molecule has 0 atom stereocenters. The SMILES string of the molecule is O=C(O)COc1ccccc1C=Nn1c(-c2ccccn2)n[nH]c1=S. The van der Waals surface area contributed by atoms with E-state index in [0.717, 1.165) is 0 Å². The highest BCUT2D eigenvalue weighted by molar-refractivity contribution is 7.71. The third-order valence-corrected chi connectivity index (χ3v) is 3.39. The molecule has 0 aliphatic heterocycles. The third kappa shape index (κ3) is 3.96. The van der Waals surface area contributed by atoms with Gasteiger partial charge in [0.25, 0.3) is 0 Å². The number of carboxylic acids is 1. The molecule has 2 heterocycles.